The molecule has 2 rings (SSSR count). The Morgan fingerprint density at radius 1 is 1.40 bits per heavy atom. The summed E-state index contributed by atoms with van der Waals surface area (Å²) in [6.45, 7) is 2.00. The van der Waals surface area contributed by atoms with Crippen LogP contribution in [0.15, 0.2) is 35.2 Å². The maximum absolute atomic E-state index is 12.4. The van der Waals surface area contributed by atoms with Crippen molar-refractivity contribution in [2.24, 2.45) is 7.05 Å². The molecule has 5 nitrogen and oxygen atoms in total. The van der Waals surface area contributed by atoms with Crippen molar-refractivity contribution >= 4 is 16.8 Å². The third-order valence-electron chi connectivity index (χ3n) is 3.03. The van der Waals surface area contributed by atoms with Gasteiger partial charge in [0.05, 0.1) is 38.4 Å². The summed E-state index contributed by atoms with van der Waals surface area (Å²) in [5.74, 6) is -0.804. The highest BCUT2D eigenvalue weighted by Gasteiger charge is 2.16. The van der Waals surface area contributed by atoms with Gasteiger partial charge in [-0.25, -0.2) is 4.79 Å². The smallest absolute Gasteiger partial charge is 0.336 e. The van der Waals surface area contributed by atoms with Crippen LogP contribution >= 0.6 is 0 Å². The second-order valence-electron chi connectivity index (χ2n) is 4.40. The van der Waals surface area contributed by atoms with E-state index in [1.165, 1.54) is 6.07 Å². The standard InChI is InChI=1S/C14H16N2O3S/c1-3-10-8-11(16(2)15-10)9-20(19)13-7-5-4-6-12(13)14(17)18/h4-8H,3,9H2,1-2H3,(H,17,18). The molecule has 0 bridgehead atoms. The van der Waals surface area contributed by atoms with Gasteiger partial charge in [0.15, 0.2) is 0 Å². The summed E-state index contributed by atoms with van der Waals surface area (Å²) in [5, 5.41) is 13.4. The first-order chi connectivity index (χ1) is 9.52. The van der Waals surface area contributed by atoms with E-state index in [2.05, 4.69) is 5.10 Å². The molecule has 6 heteroatoms. The Labute approximate surface area is 119 Å². The van der Waals surface area contributed by atoms with Crippen molar-refractivity contribution in [1.82, 2.24) is 9.78 Å². The number of carboxylic acid groups (broad SMARTS) is 1. The lowest BCUT2D eigenvalue weighted by molar-refractivity contribution is 0.0693. The molecule has 0 fully saturated rings. The van der Waals surface area contributed by atoms with Crippen molar-refractivity contribution in [1.29, 1.82) is 0 Å². The van der Waals surface area contributed by atoms with Gasteiger partial charge in [-0.1, -0.05) is 19.1 Å². The number of carboxylic acids is 1. The first-order valence-corrected chi connectivity index (χ1v) is 7.57. The van der Waals surface area contributed by atoms with Crippen LogP contribution in [0.25, 0.3) is 0 Å². The topological polar surface area (TPSA) is 72.2 Å². The third-order valence-corrected chi connectivity index (χ3v) is 4.44. The summed E-state index contributed by atoms with van der Waals surface area (Å²) >= 11 is 0. The highest BCUT2D eigenvalue weighted by Crippen LogP contribution is 2.17. The molecule has 20 heavy (non-hydrogen) atoms. The normalized spacial score (nSPS) is 12.3. The number of aromatic carboxylic acids is 1. The fourth-order valence-corrected chi connectivity index (χ4v) is 3.26. The SMILES string of the molecule is CCc1cc(CS(=O)c2ccccc2C(=O)O)n(C)n1. The van der Waals surface area contributed by atoms with E-state index in [9.17, 15) is 9.00 Å². The molecule has 1 aromatic heterocycles. The van der Waals surface area contributed by atoms with Gasteiger partial charge >= 0.3 is 5.97 Å². The predicted octanol–water partition coefficient (Wildman–Crippen LogP) is 1.99. The summed E-state index contributed by atoms with van der Waals surface area (Å²) in [7, 11) is 0.393. The van der Waals surface area contributed by atoms with Crippen molar-refractivity contribution in [3.05, 3.63) is 47.3 Å². The lowest BCUT2D eigenvalue weighted by Gasteiger charge is -2.06. The predicted molar refractivity (Wildman–Crippen MR) is 76.1 cm³/mol. The van der Waals surface area contributed by atoms with Crippen molar-refractivity contribution < 1.29 is 14.1 Å². The Kier molecular flexibility index (Phi) is 4.34. The minimum absolute atomic E-state index is 0.0868. The van der Waals surface area contributed by atoms with Crippen LogP contribution in [0.4, 0.5) is 0 Å². The van der Waals surface area contributed by atoms with Crippen LogP contribution in [0.2, 0.25) is 0 Å². The quantitative estimate of drug-likeness (QED) is 0.914. The van der Waals surface area contributed by atoms with Crippen LogP contribution in [-0.2, 0) is 30.0 Å². The summed E-state index contributed by atoms with van der Waals surface area (Å²) < 4.78 is 14.1. The Morgan fingerprint density at radius 3 is 2.70 bits per heavy atom. The number of benzene rings is 1. The highest BCUT2D eigenvalue weighted by molar-refractivity contribution is 7.84. The summed E-state index contributed by atoms with van der Waals surface area (Å²) in [6, 6.07) is 8.29. The molecule has 0 saturated heterocycles. The fraction of sp³-hybridized carbons (Fsp3) is 0.286. The molecule has 0 aliphatic carbocycles. The van der Waals surface area contributed by atoms with Gasteiger partial charge in [-0.3, -0.25) is 8.89 Å². The van der Waals surface area contributed by atoms with Gasteiger partial charge in [0, 0.05) is 7.05 Å². The van der Waals surface area contributed by atoms with Gasteiger partial charge in [0.25, 0.3) is 0 Å². The minimum Gasteiger partial charge on any atom is -0.478 e. The maximum atomic E-state index is 12.4. The Morgan fingerprint density at radius 2 is 2.10 bits per heavy atom. The van der Waals surface area contributed by atoms with Gasteiger partial charge in [-0.15, -0.1) is 0 Å². The minimum atomic E-state index is -1.41. The van der Waals surface area contributed by atoms with Crippen molar-refractivity contribution in [2.45, 2.75) is 24.0 Å². The van der Waals surface area contributed by atoms with E-state index in [1.54, 1.807) is 29.9 Å². The molecular formula is C14H16N2O3S. The zero-order valence-corrected chi connectivity index (χ0v) is 12.2. The Bertz CT molecular complexity index is 664. The van der Waals surface area contributed by atoms with Crippen molar-refractivity contribution in [2.75, 3.05) is 0 Å². The molecule has 0 aliphatic heterocycles. The molecule has 1 heterocycles. The average Bonchev–Trinajstić information content (AvgIpc) is 2.79. The molecule has 1 unspecified atom stereocenters. The van der Waals surface area contributed by atoms with Crippen LogP contribution in [0, 0.1) is 0 Å². The van der Waals surface area contributed by atoms with E-state index in [0.29, 0.717) is 4.90 Å². The van der Waals surface area contributed by atoms with Crippen LogP contribution in [0.1, 0.15) is 28.7 Å². The van der Waals surface area contributed by atoms with E-state index in [4.69, 9.17) is 5.11 Å². The number of rotatable bonds is 5. The first-order valence-electron chi connectivity index (χ1n) is 6.25. The summed E-state index contributed by atoms with van der Waals surface area (Å²) in [4.78, 5) is 11.5. The van der Waals surface area contributed by atoms with Crippen LogP contribution in [-0.4, -0.2) is 25.1 Å². The van der Waals surface area contributed by atoms with Gasteiger partial charge in [-0.05, 0) is 24.6 Å². The molecule has 1 aromatic carbocycles. The van der Waals surface area contributed by atoms with Crippen LogP contribution in [0.5, 0.6) is 0 Å². The lowest BCUT2D eigenvalue weighted by atomic mass is 10.2. The van der Waals surface area contributed by atoms with E-state index >= 15 is 0 Å². The van der Waals surface area contributed by atoms with E-state index in [-0.39, 0.29) is 11.3 Å². The molecule has 2 aromatic rings. The summed E-state index contributed by atoms with van der Waals surface area (Å²) in [5.41, 5.74) is 1.86. The molecule has 0 saturated carbocycles. The molecule has 0 aliphatic rings. The van der Waals surface area contributed by atoms with Gasteiger partial charge < -0.3 is 5.11 Å². The maximum Gasteiger partial charge on any atom is 0.336 e. The molecule has 0 spiro atoms. The zero-order valence-electron chi connectivity index (χ0n) is 11.4. The number of aromatic nitrogens is 2. The number of nitrogens with zero attached hydrogens (tertiary/aromatic N) is 2. The van der Waals surface area contributed by atoms with E-state index < -0.39 is 16.8 Å². The van der Waals surface area contributed by atoms with Crippen molar-refractivity contribution in [3.63, 3.8) is 0 Å². The van der Waals surface area contributed by atoms with E-state index in [1.807, 2.05) is 13.0 Å². The van der Waals surface area contributed by atoms with Gasteiger partial charge in [-0.2, -0.15) is 5.10 Å². The third kappa shape index (κ3) is 2.96. The molecular weight excluding hydrogens is 276 g/mol. The van der Waals surface area contributed by atoms with E-state index in [0.717, 1.165) is 17.8 Å². The Hall–Kier alpha value is -1.95. The lowest BCUT2D eigenvalue weighted by Crippen LogP contribution is -2.08. The molecule has 0 radical (unpaired) electrons. The number of carbonyl (C=O) groups is 1. The number of hydrogen-bond acceptors (Lipinski definition) is 3. The molecule has 1 N–H and O–H groups in total. The Balaban J connectivity index is 2.28. The second-order valence-corrected chi connectivity index (χ2v) is 5.81. The average molecular weight is 292 g/mol. The highest BCUT2D eigenvalue weighted by atomic mass is 32.2. The van der Waals surface area contributed by atoms with Crippen molar-refractivity contribution in [3.8, 4) is 0 Å². The molecule has 1 atom stereocenters. The number of hydrogen-bond donors (Lipinski definition) is 1. The van der Waals surface area contributed by atoms with Crippen LogP contribution < -0.4 is 0 Å². The second kappa shape index (κ2) is 6.00. The largest absolute Gasteiger partial charge is 0.478 e. The molecule has 0 amide bonds. The fourth-order valence-electron chi connectivity index (χ4n) is 1.93. The number of aryl methyl sites for hydroxylation is 2. The van der Waals surface area contributed by atoms with Gasteiger partial charge in [0.1, 0.15) is 0 Å². The summed E-state index contributed by atoms with van der Waals surface area (Å²) in [6.07, 6.45) is 0.812. The monoisotopic (exact) mass is 292 g/mol. The molecule has 106 valence electrons. The van der Waals surface area contributed by atoms with Gasteiger partial charge in [0.2, 0.25) is 0 Å². The first kappa shape index (κ1) is 14.5. The van der Waals surface area contributed by atoms with Crippen LogP contribution in [0.3, 0.4) is 0 Å². The zero-order chi connectivity index (χ0) is 14.7.